The van der Waals surface area contributed by atoms with Crippen LogP contribution < -0.4 is 0 Å². The van der Waals surface area contributed by atoms with Crippen molar-refractivity contribution in [1.82, 2.24) is 4.90 Å². The first kappa shape index (κ1) is 10.2. The van der Waals surface area contributed by atoms with Crippen LogP contribution in [0.1, 0.15) is 19.3 Å². The summed E-state index contributed by atoms with van der Waals surface area (Å²) >= 11 is 5.71. The number of carbonyl (C=O) groups is 1. The van der Waals surface area contributed by atoms with Gasteiger partial charge in [0.15, 0.2) is 0 Å². The Bertz CT molecular complexity index is 218. The molecule has 0 bridgehead atoms. The zero-order valence-electron chi connectivity index (χ0n) is 8.25. The number of alkyl halides is 1. The first-order valence-corrected chi connectivity index (χ1v) is 5.81. The second-order valence-corrected chi connectivity index (χ2v) is 4.37. The third-order valence-corrected chi connectivity index (χ3v) is 3.42. The van der Waals surface area contributed by atoms with Crippen LogP contribution in [0.3, 0.4) is 0 Å². The molecule has 1 atom stereocenters. The van der Waals surface area contributed by atoms with E-state index in [-0.39, 0.29) is 6.10 Å². The smallest absolute Gasteiger partial charge is 0.225 e. The van der Waals surface area contributed by atoms with Gasteiger partial charge in [-0.3, -0.25) is 4.79 Å². The molecule has 0 aromatic carbocycles. The van der Waals surface area contributed by atoms with Crippen molar-refractivity contribution >= 4 is 17.5 Å². The molecule has 1 aliphatic carbocycles. The van der Waals surface area contributed by atoms with Gasteiger partial charge in [0.1, 0.15) is 0 Å². The summed E-state index contributed by atoms with van der Waals surface area (Å²) < 4.78 is 5.41. The van der Waals surface area contributed by atoms with Crippen molar-refractivity contribution in [3.63, 3.8) is 0 Å². The molecule has 1 aliphatic heterocycles. The van der Waals surface area contributed by atoms with Gasteiger partial charge in [-0.15, -0.1) is 11.6 Å². The van der Waals surface area contributed by atoms with Crippen molar-refractivity contribution in [3.8, 4) is 0 Å². The molecule has 2 aliphatic rings. The fraction of sp³-hybridized carbons (Fsp3) is 0.900. The first-order chi connectivity index (χ1) is 6.81. The predicted octanol–water partition coefficient (Wildman–Crippen LogP) is 1.25. The van der Waals surface area contributed by atoms with Gasteiger partial charge in [-0.05, 0) is 12.8 Å². The van der Waals surface area contributed by atoms with E-state index in [1.807, 2.05) is 4.90 Å². The molecule has 0 aromatic rings. The Hall–Kier alpha value is -0.280. The fourth-order valence-corrected chi connectivity index (χ4v) is 2.11. The summed E-state index contributed by atoms with van der Waals surface area (Å²) in [6, 6.07) is 0. The second-order valence-electron chi connectivity index (χ2n) is 4.06. The van der Waals surface area contributed by atoms with E-state index in [0.29, 0.717) is 30.9 Å². The fourth-order valence-electron chi connectivity index (χ4n) is 1.93. The van der Waals surface area contributed by atoms with Crippen molar-refractivity contribution in [2.75, 3.05) is 25.6 Å². The number of ether oxygens (including phenoxy) is 1. The normalized spacial score (nSPS) is 28.6. The standard InChI is InChI=1S/C10H16ClNO2/c11-6-9-7-12(4-5-14-9)10(13)8-2-1-3-8/h8-9H,1-7H2. The first-order valence-electron chi connectivity index (χ1n) is 5.27. The van der Waals surface area contributed by atoms with Crippen molar-refractivity contribution in [2.45, 2.75) is 25.4 Å². The van der Waals surface area contributed by atoms with Gasteiger partial charge in [-0.1, -0.05) is 6.42 Å². The number of rotatable bonds is 2. The van der Waals surface area contributed by atoms with Crippen LogP contribution in [0, 0.1) is 5.92 Å². The molecule has 0 aromatic heterocycles. The molecule has 2 rings (SSSR count). The molecular weight excluding hydrogens is 202 g/mol. The number of hydrogen-bond acceptors (Lipinski definition) is 2. The molecule has 3 nitrogen and oxygen atoms in total. The Morgan fingerprint density at radius 3 is 2.86 bits per heavy atom. The van der Waals surface area contributed by atoms with Gasteiger partial charge in [0.05, 0.1) is 18.6 Å². The van der Waals surface area contributed by atoms with E-state index in [9.17, 15) is 4.79 Å². The van der Waals surface area contributed by atoms with E-state index in [1.165, 1.54) is 6.42 Å². The molecular formula is C10H16ClNO2. The molecule has 80 valence electrons. The Balaban J connectivity index is 1.86. The highest BCUT2D eigenvalue weighted by Gasteiger charge is 2.32. The molecule has 0 N–H and O–H groups in total. The van der Waals surface area contributed by atoms with Crippen LogP contribution in [-0.2, 0) is 9.53 Å². The summed E-state index contributed by atoms with van der Waals surface area (Å²) in [5, 5.41) is 0. The van der Waals surface area contributed by atoms with Gasteiger partial charge in [0.25, 0.3) is 0 Å². The van der Waals surface area contributed by atoms with Crippen LogP contribution in [0.4, 0.5) is 0 Å². The lowest BCUT2D eigenvalue weighted by atomic mass is 9.84. The maximum Gasteiger partial charge on any atom is 0.225 e. The van der Waals surface area contributed by atoms with Gasteiger partial charge in [-0.25, -0.2) is 0 Å². The second kappa shape index (κ2) is 4.49. The SMILES string of the molecule is O=C(C1CCC1)N1CCOC(CCl)C1. The van der Waals surface area contributed by atoms with E-state index in [0.717, 1.165) is 19.4 Å². The lowest BCUT2D eigenvalue weighted by Gasteiger charge is -2.36. The van der Waals surface area contributed by atoms with Gasteiger partial charge < -0.3 is 9.64 Å². The van der Waals surface area contributed by atoms with Gasteiger partial charge in [0, 0.05) is 19.0 Å². The molecule has 1 saturated heterocycles. The van der Waals surface area contributed by atoms with Crippen molar-refractivity contribution in [2.24, 2.45) is 5.92 Å². The molecule has 1 heterocycles. The molecule has 1 saturated carbocycles. The highest BCUT2D eigenvalue weighted by atomic mass is 35.5. The maximum absolute atomic E-state index is 11.9. The number of halogens is 1. The summed E-state index contributed by atoms with van der Waals surface area (Å²) in [6.45, 7) is 2.05. The quantitative estimate of drug-likeness (QED) is 0.652. The lowest BCUT2D eigenvalue weighted by Crippen LogP contribution is -2.49. The Labute approximate surface area is 89.4 Å². The molecule has 14 heavy (non-hydrogen) atoms. The van der Waals surface area contributed by atoms with Crippen molar-refractivity contribution in [3.05, 3.63) is 0 Å². The van der Waals surface area contributed by atoms with Crippen LogP contribution in [0.5, 0.6) is 0 Å². The molecule has 2 fully saturated rings. The topological polar surface area (TPSA) is 29.5 Å². The number of amides is 1. The van der Waals surface area contributed by atoms with Gasteiger partial charge >= 0.3 is 0 Å². The third kappa shape index (κ3) is 2.04. The van der Waals surface area contributed by atoms with Crippen LogP contribution in [0.15, 0.2) is 0 Å². The summed E-state index contributed by atoms with van der Waals surface area (Å²) in [5.41, 5.74) is 0. The highest BCUT2D eigenvalue weighted by Crippen LogP contribution is 2.28. The number of nitrogens with zero attached hydrogens (tertiary/aromatic N) is 1. The average Bonchev–Trinajstić information content (AvgIpc) is 2.15. The van der Waals surface area contributed by atoms with Crippen LogP contribution in [0.25, 0.3) is 0 Å². The average molecular weight is 218 g/mol. The van der Waals surface area contributed by atoms with Crippen molar-refractivity contribution < 1.29 is 9.53 Å². The van der Waals surface area contributed by atoms with E-state index in [2.05, 4.69) is 0 Å². The maximum atomic E-state index is 11.9. The minimum Gasteiger partial charge on any atom is -0.373 e. The van der Waals surface area contributed by atoms with E-state index < -0.39 is 0 Å². The largest absolute Gasteiger partial charge is 0.373 e. The van der Waals surface area contributed by atoms with Crippen LogP contribution in [-0.4, -0.2) is 42.5 Å². The predicted molar refractivity (Wildman–Crippen MR) is 54.4 cm³/mol. The van der Waals surface area contributed by atoms with Gasteiger partial charge in [-0.2, -0.15) is 0 Å². The van der Waals surface area contributed by atoms with Crippen LogP contribution in [0.2, 0.25) is 0 Å². The summed E-state index contributed by atoms with van der Waals surface area (Å²) in [7, 11) is 0. The third-order valence-electron chi connectivity index (χ3n) is 3.08. The summed E-state index contributed by atoms with van der Waals surface area (Å²) in [6.07, 6.45) is 3.39. The van der Waals surface area contributed by atoms with E-state index in [4.69, 9.17) is 16.3 Å². The van der Waals surface area contributed by atoms with Crippen LogP contribution >= 0.6 is 11.6 Å². The van der Waals surface area contributed by atoms with E-state index in [1.54, 1.807) is 0 Å². The zero-order chi connectivity index (χ0) is 9.97. The number of morpholine rings is 1. The molecule has 1 unspecified atom stereocenters. The Morgan fingerprint density at radius 2 is 2.29 bits per heavy atom. The monoisotopic (exact) mass is 217 g/mol. The number of carbonyl (C=O) groups excluding carboxylic acids is 1. The summed E-state index contributed by atoms with van der Waals surface area (Å²) in [5.74, 6) is 1.09. The van der Waals surface area contributed by atoms with E-state index >= 15 is 0 Å². The molecule has 0 radical (unpaired) electrons. The lowest BCUT2D eigenvalue weighted by molar-refractivity contribution is -0.144. The van der Waals surface area contributed by atoms with Gasteiger partial charge in [0.2, 0.25) is 5.91 Å². The Kier molecular flexibility index (Phi) is 3.29. The Morgan fingerprint density at radius 1 is 1.50 bits per heavy atom. The molecule has 4 heteroatoms. The molecule has 0 spiro atoms. The minimum absolute atomic E-state index is 0.0365. The minimum atomic E-state index is 0.0365. The summed E-state index contributed by atoms with van der Waals surface area (Å²) in [4.78, 5) is 13.8. The van der Waals surface area contributed by atoms with Crippen molar-refractivity contribution in [1.29, 1.82) is 0 Å². The zero-order valence-corrected chi connectivity index (χ0v) is 9.00. The highest BCUT2D eigenvalue weighted by molar-refractivity contribution is 6.18. The molecule has 1 amide bonds. The number of hydrogen-bond donors (Lipinski definition) is 0.